The quantitative estimate of drug-likeness (QED) is 0.750. The van der Waals surface area contributed by atoms with Crippen LogP contribution in [0.1, 0.15) is 57.4 Å². The second-order valence-corrected chi connectivity index (χ2v) is 7.66. The summed E-state index contributed by atoms with van der Waals surface area (Å²) in [6.45, 7) is 2.08. The van der Waals surface area contributed by atoms with Crippen LogP contribution in [0.2, 0.25) is 0 Å². The Morgan fingerprint density at radius 3 is 2.37 bits per heavy atom. The molecule has 1 saturated heterocycles. The second-order valence-electron chi connectivity index (χ2n) is 7.66. The minimum Gasteiger partial charge on any atom is -0.491 e. The Balaban J connectivity index is 1.55. The number of hydrogen-bond acceptors (Lipinski definition) is 4. The minimum atomic E-state index is -0.922. The summed E-state index contributed by atoms with van der Waals surface area (Å²) < 4.78 is 5.60. The van der Waals surface area contributed by atoms with Gasteiger partial charge >= 0.3 is 6.03 Å². The highest BCUT2D eigenvalue weighted by atomic mass is 16.5. The number of nitrogens with one attached hydrogen (secondary N) is 1. The lowest BCUT2D eigenvalue weighted by Crippen LogP contribution is -2.48. The zero-order valence-corrected chi connectivity index (χ0v) is 16.1. The molecule has 1 aromatic carbocycles. The Morgan fingerprint density at radius 1 is 1.11 bits per heavy atom. The molecule has 1 unspecified atom stereocenters. The van der Waals surface area contributed by atoms with E-state index in [2.05, 4.69) is 12.2 Å². The van der Waals surface area contributed by atoms with Crippen LogP contribution >= 0.6 is 0 Å². The molecule has 2 N–H and O–H groups in total. The molecule has 2 fully saturated rings. The number of carbonyl (C=O) groups excluding carboxylic acids is 2. The van der Waals surface area contributed by atoms with E-state index in [0.717, 1.165) is 37.0 Å². The molecular weight excluding hydrogens is 344 g/mol. The average Bonchev–Trinajstić information content (AvgIpc) is 2.88. The Bertz CT molecular complexity index is 651. The van der Waals surface area contributed by atoms with Gasteiger partial charge in [0.05, 0.1) is 6.54 Å². The number of β-amino-alcohol motifs (C(OH)–C–C–N with tert-alkyl or cyclic N) is 1. The zero-order valence-electron chi connectivity index (χ0n) is 16.1. The van der Waals surface area contributed by atoms with Crippen molar-refractivity contribution in [2.24, 2.45) is 0 Å². The van der Waals surface area contributed by atoms with Crippen molar-refractivity contribution >= 4 is 11.9 Å². The van der Waals surface area contributed by atoms with E-state index in [-0.39, 0.29) is 19.1 Å². The van der Waals surface area contributed by atoms with Crippen LogP contribution in [-0.4, -0.2) is 46.7 Å². The first-order valence-electron chi connectivity index (χ1n) is 10.1. The number of amides is 3. The summed E-state index contributed by atoms with van der Waals surface area (Å²) in [6.07, 6.45) is 6.67. The predicted molar refractivity (Wildman–Crippen MR) is 103 cm³/mol. The fourth-order valence-corrected chi connectivity index (χ4v) is 3.97. The molecule has 3 rings (SSSR count). The summed E-state index contributed by atoms with van der Waals surface area (Å²) in [5.74, 6) is 0.473. The first kappa shape index (κ1) is 19.7. The van der Waals surface area contributed by atoms with Crippen LogP contribution in [-0.2, 0) is 11.2 Å². The molecule has 27 heavy (non-hydrogen) atoms. The lowest BCUT2D eigenvalue weighted by molar-refractivity contribution is -0.133. The number of aliphatic hydroxyl groups excluding tert-OH is 1. The smallest absolute Gasteiger partial charge is 0.325 e. The molecule has 0 aromatic heterocycles. The Labute approximate surface area is 160 Å². The first-order chi connectivity index (χ1) is 13.0. The topological polar surface area (TPSA) is 78.9 Å². The maximum absolute atomic E-state index is 12.9. The van der Waals surface area contributed by atoms with Crippen LogP contribution in [0.5, 0.6) is 5.75 Å². The van der Waals surface area contributed by atoms with Crippen molar-refractivity contribution in [2.75, 3.05) is 13.2 Å². The lowest BCUT2D eigenvalue weighted by atomic mass is 9.84. The monoisotopic (exact) mass is 374 g/mol. The molecule has 1 aromatic rings. The highest BCUT2D eigenvalue weighted by molar-refractivity contribution is 6.07. The molecule has 1 atom stereocenters. The minimum absolute atomic E-state index is 0.0372. The lowest BCUT2D eigenvalue weighted by Gasteiger charge is -2.28. The van der Waals surface area contributed by atoms with Crippen LogP contribution in [0.3, 0.4) is 0 Å². The normalized spacial score (nSPS) is 20.9. The van der Waals surface area contributed by atoms with Gasteiger partial charge in [-0.15, -0.1) is 0 Å². The molecule has 6 nitrogen and oxygen atoms in total. The summed E-state index contributed by atoms with van der Waals surface area (Å²) in [5, 5.41) is 13.2. The molecule has 1 aliphatic heterocycles. The van der Waals surface area contributed by atoms with Crippen molar-refractivity contribution in [1.82, 2.24) is 10.2 Å². The fourth-order valence-electron chi connectivity index (χ4n) is 3.97. The molecule has 2 aliphatic rings. The van der Waals surface area contributed by atoms with Gasteiger partial charge in [-0.2, -0.15) is 0 Å². The summed E-state index contributed by atoms with van der Waals surface area (Å²) in [6, 6.07) is 7.30. The van der Waals surface area contributed by atoms with Gasteiger partial charge in [0.15, 0.2) is 0 Å². The van der Waals surface area contributed by atoms with Crippen LogP contribution in [0.25, 0.3) is 0 Å². The Kier molecular flexibility index (Phi) is 6.37. The van der Waals surface area contributed by atoms with E-state index < -0.39 is 17.7 Å². The van der Waals surface area contributed by atoms with Crippen molar-refractivity contribution in [1.29, 1.82) is 0 Å². The molecule has 1 spiro atoms. The van der Waals surface area contributed by atoms with Crippen molar-refractivity contribution < 1.29 is 19.4 Å². The largest absolute Gasteiger partial charge is 0.491 e. The van der Waals surface area contributed by atoms with Gasteiger partial charge in [-0.05, 0) is 37.0 Å². The van der Waals surface area contributed by atoms with Gasteiger partial charge in [0.2, 0.25) is 0 Å². The van der Waals surface area contributed by atoms with Crippen molar-refractivity contribution in [3.63, 3.8) is 0 Å². The van der Waals surface area contributed by atoms with Crippen LogP contribution in [0.15, 0.2) is 24.3 Å². The van der Waals surface area contributed by atoms with Gasteiger partial charge in [0.25, 0.3) is 5.91 Å². The van der Waals surface area contributed by atoms with Crippen LogP contribution in [0, 0.1) is 0 Å². The summed E-state index contributed by atoms with van der Waals surface area (Å²) in [7, 11) is 0. The highest BCUT2D eigenvalue weighted by Gasteiger charge is 2.50. The van der Waals surface area contributed by atoms with Gasteiger partial charge in [0.1, 0.15) is 24.0 Å². The van der Waals surface area contributed by atoms with Gasteiger partial charge in [0, 0.05) is 0 Å². The van der Waals surface area contributed by atoms with E-state index >= 15 is 0 Å². The summed E-state index contributed by atoms with van der Waals surface area (Å²) >= 11 is 0. The standard InChI is InChI=1S/C21H30N2O4/c1-2-16-8-10-18(11-9-16)27-15-17(24)14-23-19(25)21(22-20(23)26)12-6-4-3-5-7-13-21/h8-11,17,24H,2-7,12-15H2,1H3,(H,22,26). The third kappa shape index (κ3) is 4.61. The van der Waals surface area contributed by atoms with Crippen molar-refractivity contribution in [3.05, 3.63) is 29.8 Å². The second kappa shape index (κ2) is 8.74. The van der Waals surface area contributed by atoms with E-state index in [9.17, 15) is 14.7 Å². The molecule has 1 heterocycles. The SMILES string of the molecule is CCc1ccc(OCC(O)CN2C(=O)NC3(CCCCCCC3)C2=O)cc1. The number of urea groups is 1. The Hall–Kier alpha value is -2.08. The molecule has 6 heteroatoms. The maximum Gasteiger partial charge on any atom is 0.325 e. The Morgan fingerprint density at radius 2 is 1.74 bits per heavy atom. The van der Waals surface area contributed by atoms with E-state index in [1.807, 2.05) is 24.3 Å². The van der Waals surface area contributed by atoms with E-state index in [1.165, 1.54) is 12.0 Å². The number of hydrogen-bond donors (Lipinski definition) is 2. The molecule has 3 amide bonds. The average molecular weight is 374 g/mol. The number of imide groups is 1. The third-order valence-corrected chi connectivity index (χ3v) is 5.62. The van der Waals surface area contributed by atoms with Crippen molar-refractivity contribution in [2.45, 2.75) is 69.9 Å². The van der Waals surface area contributed by atoms with Crippen LogP contribution in [0.4, 0.5) is 4.79 Å². The molecule has 0 radical (unpaired) electrons. The number of ether oxygens (including phenoxy) is 1. The number of carbonyl (C=O) groups is 2. The third-order valence-electron chi connectivity index (χ3n) is 5.62. The van der Waals surface area contributed by atoms with E-state index in [1.54, 1.807) is 0 Å². The summed E-state index contributed by atoms with van der Waals surface area (Å²) in [5.41, 5.74) is 0.445. The molecule has 1 aliphatic carbocycles. The van der Waals surface area contributed by atoms with Gasteiger partial charge in [-0.3, -0.25) is 9.69 Å². The molecule has 148 valence electrons. The molecular formula is C21H30N2O4. The van der Waals surface area contributed by atoms with Crippen molar-refractivity contribution in [3.8, 4) is 5.75 Å². The first-order valence-corrected chi connectivity index (χ1v) is 10.1. The highest BCUT2D eigenvalue weighted by Crippen LogP contribution is 2.32. The number of aryl methyl sites for hydroxylation is 1. The van der Waals surface area contributed by atoms with E-state index in [4.69, 9.17) is 4.74 Å². The number of rotatable bonds is 6. The van der Waals surface area contributed by atoms with Gasteiger partial charge < -0.3 is 15.2 Å². The van der Waals surface area contributed by atoms with Crippen LogP contribution < -0.4 is 10.1 Å². The zero-order chi connectivity index (χ0) is 19.3. The maximum atomic E-state index is 12.9. The van der Waals surface area contributed by atoms with E-state index in [0.29, 0.717) is 18.6 Å². The number of benzene rings is 1. The molecule has 0 bridgehead atoms. The number of aliphatic hydroxyl groups is 1. The van der Waals surface area contributed by atoms with Gasteiger partial charge in [-0.25, -0.2) is 4.79 Å². The number of nitrogens with zero attached hydrogens (tertiary/aromatic N) is 1. The molecule has 1 saturated carbocycles. The predicted octanol–water partition coefficient (Wildman–Crippen LogP) is 3.02. The fraction of sp³-hybridized carbons (Fsp3) is 0.619. The summed E-state index contributed by atoms with van der Waals surface area (Å²) in [4.78, 5) is 26.5. The van der Waals surface area contributed by atoms with Gasteiger partial charge in [-0.1, -0.05) is 51.2 Å².